The number of nitrogens with zero attached hydrogens (tertiary/aromatic N) is 4. The summed E-state index contributed by atoms with van der Waals surface area (Å²) < 4.78 is 11.6. The Labute approximate surface area is 341 Å². The van der Waals surface area contributed by atoms with Gasteiger partial charge in [0.15, 0.2) is 17.5 Å². The van der Waals surface area contributed by atoms with E-state index >= 15 is 0 Å². The maximum atomic E-state index is 6.77. The lowest BCUT2D eigenvalue weighted by atomic mass is 10.0. The average Bonchev–Trinajstić information content (AvgIpc) is 3.95. The molecule has 0 amide bonds. The van der Waals surface area contributed by atoms with Crippen molar-refractivity contribution in [1.29, 1.82) is 0 Å². The molecule has 0 N–H and O–H groups in total. The van der Waals surface area contributed by atoms with Crippen molar-refractivity contribution in [2.24, 2.45) is 0 Å². The second-order valence-electron chi connectivity index (χ2n) is 15.2. The molecule has 5 nitrogen and oxygen atoms in total. The second-order valence-corrected chi connectivity index (χ2v) is 16.3. The predicted molar refractivity (Wildman–Crippen MR) is 246 cm³/mol. The number of thiophene rings is 1. The lowest BCUT2D eigenvalue weighted by Gasteiger charge is -2.15. The van der Waals surface area contributed by atoms with Crippen molar-refractivity contribution < 1.29 is 4.42 Å². The van der Waals surface area contributed by atoms with E-state index in [9.17, 15) is 0 Å². The number of rotatable bonds is 4. The van der Waals surface area contributed by atoms with Gasteiger partial charge in [-0.15, -0.1) is 11.3 Å². The zero-order valence-electron chi connectivity index (χ0n) is 31.4. The van der Waals surface area contributed by atoms with Crippen molar-refractivity contribution in [3.8, 4) is 39.9 Å². The number of para-hydroxylation sites is 1. The van der Waals surface area contributed by atoms with Crippen LogP contribution in [0.5, 0.6) is 0 Å². The molecule has 9 aromatic carbocycles. The quantitative estimate of drug-likeness (QED) is 0.179. The zero-order valence-corrected chi connectivity index (χ0v) is 32.2. The summed E-state index contributed by atoms with van der Waals surface area (Å²) in [5, 5.41) is 11.5. The molecule has 6 heteroatoms. The molecule has 0 atom stereocenters. The molecule has 0 unspecified atom stereocenters. The number of fused-ring (bicyclic) bond motifs is 11. The highest BCUT2D eigenvalue weighted by molar-refractivity contribution is 7.25. The van der Waals surface area contributed by atoms with Crippen molar-refractivity contribution in [3.05, 3.63) is 182 Å². The Balaban J connectivity index is 1.17. The van der Waals surface area contributed by atoms with Crippen LogP contribution in [-0.4, -0.2) is 19.5 Å². The normalized spacial score (nSPS) is 12.1. The SMILES string of the molecule is c1ccc(-c2nc(-c3cc4oc5cc6ccccc6cc5c4cc3-n3c4ccccc4c4cc5ccccc5cc43)nc(-c3cccc4sc5ccccc5c34)n2)cc1. The molecule has 0 radical (unpaired) electrons. The Morgan fingerprint density at radius 2 is 0.983 bits per heavy atom. The molecule has 4 heterocycles. The Morgan fingerprint density at radius 3 is 1.80 bits per heavy atom. The van der Waals surface area contributed by atoms with Gasteiger partial charge in [0.25, 0.3) is 0 Å². The van der Waals surface area contributed by atoms with Crippen LogP contribution in [0.15, 0.2) is 186 Å². The molecule has 0 aliphatic heterocycles. The molecular formula is C53H30N4OS. The maximum Gasteiger partial charge on any atom is 0.166 e. The number of hydrogen-bond acceptors (Lipinski definition) is 5. The van der Waals surface area contributed by atoms with Crippen molar-refractivity contribution >= 4 is 96.8 Å². The summed E-state index contributed by atoms with van der Waals surface area (Å²) in [6, 6.07) is 64.4. The highest BCUT2D eigenvalue weighted by atomic mass is 32.1. The Morgan fingerprint density at radius 1 is 0.390 bits per heavy atom. The second kappa shape index (κ2) is 12.4. The van der Waals surface area contributed by atoms with E-state index in [0.29, 0.717) is 17.5 Å². The Kier molecular flexibility index (Phi) is 6.82. The first kappa shape index (κ1) is 32.4. The van der Waals surface area contributed by atoms with E-state index in [1.165, 1.54) is 41.7 Å². The minimum atomic E-state index is 0.569. The smallest absolute Gasteiger partial charge is 0.166 e. The summed E-state index contributed by atoms with van der Waals surface area (Å²) in [6.45, 7) is 0. The average molecular weight is 771 g/mol. The minimum Gasteiger partial charge on any atom is -0.456 e. The van der Waals surface area contributed by atoms with Crippen LogP contribution in [0, 0.1) is 0 Å². The van der Waals surface area contributed by atoms with Crippen LogP contribution in [0.4, 0.5) is 0 Å². The summed E-state index contributed by atoms with van der Waals surface area (Å²) in [5.41, 5.74) is 7.52. The van der Waals surface area contributed by atoms with Gasteiger partial charge in [0, 0.05) is 58.4 Å². The lowest BCUT2D eigenvalue weighted by molar-refractivity contribution is 0.669. The van der Waals surface area contributed by atoms with E-state index in [1.807, 2.05) is 18.2 Å². The van der Waals surface area contributed by atoms with E-state index in [4.69, 9.17) is 19.4 Å². The third-order valence-corrected chi connectivity index (χ3v) is 12.9. The zero-order chi connectivity index (χ0) is 38.6. The highest BCUT2D eigenvalue weighted by Crippen LogP contribution is 2.44. The van der Waals surface area contributed by atoms with Crippen LogP contribution >= 0.6 is 11.3 Å². The molecule has 13 rings (SSSR count). The fraction of sp³-hybridized carbons (Fsp3) is 0. The molecule has 0 aliphatic carbocycles. The van der Waals surface area contributed by atoms with Gasteiger partial charge >= 0.3 is 0 Å². The Bertz CT molecular complexity index is 3860. The number of hydrogen-bond donors (Lipinski definition) is 0. The number of aromatic nitrogens is 4. The number of furan rings is 1. The van der Waals surface area contributed by atoms with Crippen molar-refractivity contribution in [2.45, 2.75) is 0 Å². The molecule has 0 spiro atoms. The number of benzene rings is 9. The highest BCUT2D eigenvalue weighted by Gasteiger charge is 2.23. The van der Waals surface area contributed by atoms with Crippen LogP contribution in [-0.2, 0) is 0 Å². The first-order valence-corrected chi connectivity index (χ1v) is 20.6. The summed E-state index contributed by atoms with van der Waals surface area (Å²) in [5.74, 6) is 1.80. The summed E-state index contributed by atoms with van der Waals surface area (Å²) in [4.78, 5) is 16.0. The summed E-state index contributed by atoms with van der Waals surface area (Å²) >= 11 is 1.79. The van der Waals surface area contributed by atoms with Crippen LogP contribution in [0.2, 0.25) is 0 Å². The van der Waals surface area contributed by atoms with Gasteiger partial charge in [0.2, 0.25) is 0 Å². The molecule has 0 bridgehead atoms. The molecule has 4 aromatic heterocycles. The summed E-state index contributed by atoms with van der Waals surface area (Å²) in [6.07, 6.45) is 0. The van der Waals surface area contributed by atoms with Gasteiger partial charge in [0.05, 0.1) is 16.7 Å². The lowest BCUT2D eigenvalue weighted by Crippen LogP contribution is -2.04. The van der Waals surface area contributed by atoms with Gasteiger partial charge in [-0.3, -0.25) is 0 Å². The summed E-state index contributed by atoms with van der Waals surface area (Å²) in [7, 11) is 0. The van der Waals surface area contributed by atoms with Gasteiger partial charge < -0.3 is 8.98 Å². The van der Waals surface area contributed by atoms with E-state index in [2.05, 4.69) is 168 Å². The first-order chi connectivity index (χ1) is 29.2. The van der Waals surface area contributed by atoms with Gasteiger partial charge in [-0.1, -0.05) is 127 Å². The third-order valence-electron chi connectivity index (χ3n) is 11.8. The van der Waals surface area contributed by atoms with Gasteiger partial charge in [0.1, 0.15) is 11.2 Å². The van der Waals surface area contributed by atoms with Crippen LogP contribution in [0.3, 0.4) is 0 Å². The molecule has 274 valence electrons. The molecule has 59 heavy (non-hydrogen) atoms. The standard InChI is InChI=1S/C53H30N4OS/c1-2-13-31(14-3-1)51-54-52(38-21-12-24-49-50(38)37-20-9-11-23-48(37)59-49)56-53(55-51)42-30-47-41(40-26-33-16-5-7-18-35(33)28-46(40)58-47)29-45(42)57-43-22-10-8-19-36(43)39-25-32-15-4-6-17-34(32)27-44(39)57/h1-30H. The van der Waals surface area contributed by atoms with Crippen molar-refractivity contribution in [2.75, 3.05) is 0 Å². The Hall–Kier alpha value is -7.67. The monoisotopic (exact) mass is 770 g/mol. The van der Waals surface area contributed by atoms with E-state index in [-0.39, 0.29) is 0 Å². The first-order valence-electron chi connectivity index (χ1n) is 19.8. The maximum absolute atomic E-state index is 6.77. The molecular weight excluding hydrogens is 741 g/mol. The van der Waals surface area contributed by atoms with Crippen molar-refractivity contribution in [3.63, 3.8) is 0 Å². The molecule has 0 fully saturated rings. The molecule has 13 aromatic rings. The molecule has 0 aliphatic rings. The largest absolute Gasteiger partial charge is 0.456 e. The van der Waals surface area contributed by atoms with E-state index < -0.39 is 0 Å². The van der Waals surface area contributed by atoms with Crippen LogP contribution < -0.4 is 0 Å². The van der Waals surface area contributed by atoms with Crippen molar-refractivity contribution in [1.82, 2.24) is 19.5 Å². The fourth-order valence-electron chi connectivity index (χ4n) is 9.07. The van der Waals surface area contributed by atoms with Crippen LogP contribution in [0.25, 0.3) is 125 Å². The fourth-order valence-corrected chi connectivity index (χ4v) is 10.2. The minimum absolute atomic E-state index is 0.569. The molecule has 0 saturated carbocycles. The van der Waals surface area contributed by atoms with E-state index in [1.54, 1.807) is 11.3 Å². The van der Waals surface area contributed by atoms with E-state index in [0.717, 1.165) is 66.1 Å². The van der Waals surface area contributed by atoms with Crippen LogP contribution in [0.1, 0.15) is 0 Å². The van der Waals surface area contributed by atoms with Gasteiger partial charge in [-0.2, -0.15) is 0 Å². The topological polar surface area (TPSA) is 56.7 Å². The predicted octanol–water partition coefficient (Wildman–Crippen LogP) is 14.5. The molecule has 0 saturated heterocycles. The van der Waals surface area contributed by atoms with Gasteiger partial charge in [-0.05, 0) is 76.1 Å². The van der Waals surface area contributed by atoms with Gasteiger partial charge in [-0.25, -0.2) is 15.0 Å². The third kappa shape index (κ3) is 4.94.